The Morgan fingerprint density at radius 1 is 0.806 bits per heavy atom. The van der Waals surface area contributed by atoms with Crippen LogP contribution in [0.3, 0.4) is 0 Å². The number of rotatable bonds is 5. The molecule has 158 valence electrons. The molecule has 2 aromatic carbocycles. The minimum atomic E-state index is -3.88. The third-order valence-corrected chi connectivity index (χ3v) is 6.92. The van der Waals surface area contributed by atoms with Crippen LogP contribution in [0.4, 0.5) is 0 Å². The van der Waals surface area contributed by atoms with Gasteiger partial charge in [0.2, 0.25) is 20.0 Å². The van der Waals surface area contributed by atoms with Crippen molar-refractivity contribution < 1.29 is 16.8 Å². The number of pyridine rings is 1. The van der Waals surface area contributed by atoms with E-state index in [-0.39, 0.29) is 9.79 Å². The summed E-state index contributed by atoms with van der Waals surface area (Å²) in [6, 6.07) is 13.1. The number of primary sulfonamides is 1. The van der Waals surface area contributed by atoms with E-state index >= 15 is 0 Å². The smallest absolute Gasteiger partial charge is 0.240 e. The highest BCUT2D eigenvalue weighted by Gasteiger charge is 2.14. The molecule has 11 heteroatoms. The Labute approximate surface area is 179 Å². The van der Waals surface area contributed by atoms with Crippen molar-refractivity contribution in [3.63, 3.8) is 0 Å². The van der Waals surface area contributed by atoms with Gasteiger partial charge in [-0.3, -0.25) is 9.97 Å². The summed E-state index contributed by atoms with van der Waals surface area (Å²) in [6.07, 6.45) is 4.28. The maximum absolute atomic E-state index is 12.1. The maximum Gasteiger partial charge on any atom is 0.240 e. The van der Waals surface area contributed by atoms with Crippen LogP contribution in [0, 0.1) is 0 Å². The van der Waals surface area contributed by atoms with Gasteiger partial charge >= 0.3 is 0 Å². The number of nitrogens with one attached hydrogen (secondary N) is 1. The number of benzene rings is 2. The lowest BCUT2D eigenvalue weighted by Gasteiger charge is -2.08. The fourth-order valence-corrected chi connectivity index (χ4v) is 4.28. The molecule has 0 radical (unpaired) electrons. The SMILES string of the molecule is CNS(=O)(=O)c1cccc(-c2cnc3ccc(-c4cncc(S(N)(=O)=O)c4)cc3n2)c1. The van der Waals surface area contributed by atoms with Gasteiger partial charge in [0.05, 0.1) is 27.8 Å². The van der Waals surface area contributed by atoms with Crippen LogP contribution in [0.15, 0.2) is 76.9 Å². The second-order valence-electron chi connectivity index (χ2n) is 6.65. The number of nitrogens with two attached hydrogens (primary N) is 1. The molecular formula is C20H17N5O4S2. The Morgan fingerprint density at radius 2 is 1.58 bits per heavy atom. The first kappa shape index (κ1) is 21.0. The van der Waals surface area contributed by atoms with Crippen LogP contribution >= 0.6 is 0 Å². The fraction of sp³-hybridized carbons (Fsp3) is 0.0500. The summed E-state index contributed by atoms with van der Waals surface area (Å²) in [7, 11) is -6.13. The zero-order valence-corrected chi connectivity index (χ0v) is 17.9. The normalized spacial score (nSPS) is 12.2. The molecule has 0 bridgehead atoms. The number of fused-ring (bicyclic) bond motifs is 1. The summed E-state index contributed by atoms with van der Waals surface area (Å²) >= 11 is 0. The predicted molar refractivity (Wildman–Crippen MR) is 116 cm³/mol. The lowest BCUT2D eigenvalue weighted by Crippen LogP contribution is -2.18. The molecule has 0 aliphatic rings. The van der Waals surface area contributed by atoms with Crippen molar-refractivity contribution in [1.82, 2.24) is 19.7 Å². The molecular weight excluding hydrogens is 438 g/mol. The topological polar surface area (TPSA) is 145 Å². The van der Waals surface area contributed by atoms with Gasteiger partial charge in [0.15, 0.2) is 0 Å². The third kappa shape index (κ3) is 4.30. The first-order chi connectivity index (χ1) is 14.7. The largest absolute Gasteiger partial charge is 0.263 e. The van der Waals surface area contributed by atoms with Crippen LogP contribution in [0.25, 0.3) is 33.4 Å². The zero-order valence-electron chi connectivity index (χ0n) is 16.2. The van der Waals surface area contributed by atoms with E-state index < -0.39 is 20.0 Å². The highest BCUT2D eigenvalue weighted by Crippen LogP contribution is 2.26. The van der Waals surface area contributed by atoms with E-state index in [1.807, 2.05) is 0 Å². The van der Waals surface area contributed by atoms with Gasteiger partial charge in [-0.25, -0.2) is 31.7 Å². The summed E-state index contributed by atoms with van der Waals surface area (Å²) in [5.74, 6) is 0. The molecule has 0 spiro atoms. The van der Waals surface area contributed by atoms with Gasteiger partial charge in [-0.1, -0.05) is 18.2 Å². The monoisotopic (exact) mass is 455 g/mol. The first-order valence-electron chi connectivity index (χ1n) is 8.96. The second-order valence-corrected chi connectivity index (χ2v) is 10.1. The molecule has 0 saturated heterocycles. The average Bonchev–Trinajstić information content (AvgIpc) is 2.78. The molecule has 0 amide bonds. The maximum atomic E-state index is 12.1. The highest BCUT2D eigenvalue weighted by molar-refractivity contribution is 7.89. The summed E-state index contributed by atoms with van der Waals surface area (Å²) < 4.78 is 49.7. The molecule has 2 aromatic heterocycles. The highest BCUT2D eigenvalue weighted by atomic mass is 32.2. The van der Waals surface area contributed by atoms with Crippen LogP contribution in [-0.4, -0.2) is 38.8 Å². The van der Waals surface area contributed by atoms with Crippen LogP contribution in [0.5, 0.6) is 0 Å². The van der Waals surface area contributed by atoms with Crippen molar-refractivity contribution >= 4 is 31.1 Å². The summed E-state index contributed by atoms with van der Waals surface area (Å²) in [5, 5.41) is 5.19. The minimum Gasteiger partial charge on any atom is -0.263 e. The molecule has 0 aliphatic carbocycles. The van der Waals surface area contributed by atoms with E-state index in [0.717, 1.165) is 0 Å². The van der Waals surface area contributed by atoms with Crippen molar-refractivity contribution in [1.29, 1.82) is 0 Å². The number of hydrogen-bond acceptors (Lipinski definition) is 7. The van der Waals surface area contributed by atoms with Crippen molar-refractivity contribution in [2.24, 2.45) is 5.14 Å². The molecule has 0 fully saturated rings. The van der Waals surface area contributed by atoms with Gasteiger partial charge in [-0.05, 0) is 42.9 Å². The number of aromatic nitrogens is 3. The Hall–Kier alpha value is -3.25. The number of sulfonamides is 2. The first-order valence-corrected chi connectivity index (χ1v) is 12.0. The lowest BCUT2D eigenvalue weighted by molar-refractivity contribution is 0.588. The van der Waals surface area contributed by atoms with Crippen molar-refractivity contribution in [2.75, 3.05) is 7.05 Å². The molecule has 0 atom stereocenters. The summed E-state index contributed by atoms with van der Waals surface area (Å²) in [5.41, 5.74) is 3.51. The summed E-state index contributed by atoms with van der Waals surface area (Å²) in [4.78, 5) is 13.0. The Bertz CT molecular complexity index is 1520. The average molecular weight is 456 g/mol. The Kier molecular flexibility index (Phi) is 5.27. The molecule has 3 N–H and O–H groups in total. The predicted octanol–water partition coefficient (Wildman–Crippen LogP) is 1.91. The van der Waals surface area contributed by atoms with Crippen molar-refractivity contribution in [2.45, 2.75) is 9.79 Å². The Balaban J connectivity index is 1.80. The second kappa shape index (κ2) is 7.78. The van der Waals surface area contributed by atoms with E-state index in [2.05, 4.69) is 19.7 Å². The molecule has 4 aromatic rings. The zero-order chi connectivity index (χ0) is 22.2. The van der Waals surface area contributed by atoms with Crippen molar-refractivity contribution in [3.8, 4) is 22.4 Å². The van der Waals surface area contributed by atoms with Crippen LogP contribution in [0.1, 0.15) is 0 Å². The molecule has 9 nitrogen and oxygen atoms in total. The molecule has 31 heavy (non-hydrogen) atoms. The van der Waals surface area contributed by atoms with Crippen LogP contribution < -0.4 is 9.86 Å². The molecule has 2 heterocycles. The van der Waals surface area contributed by atoms with Gasteiger partial charge in [0.25, 0.3) is 0 Å². The Morgan fingerprint density at radius 3 is 2.32 bits per heavy atom. The molecule has 0 unspecified atom stereocenters. The van der Waals surface area contributed by atoms with E-state index in [1.54, 1.807) is 36.5 Å². The van der Waals surface area contributed by atoms with Crippen LogP contribution in [-0.2, 0) is 20.0 Å². The van der Waals surface area contributed by atoms with Gasteiger partial charge < -0.3 is 0 Å². The van der Waals surface area contributed by atoms with E-state index in [0.29, 0.717) is 33.4 Å². The lowest BCUT2D eigenvalue weighted by atomic mass is 10.1. The summed E-state index contributed by atoms with van der Waals surface area (Å²) in [6.45, 7) is 0. The van der Waals surface area contributed by atoms with Crippen LogP contribution in [0.2, 0.25) is 0 Å². The molecule has 0 aliphatic heterocycles. The van der Waals surface area contributed by atoms with E-state index in [1.165, 1.54) is 37.6 Å². The third-order valence-electron chi connectivity index (χ3n) is 4.63. The van der Waals surface area contributed by atoms with Gasteiger partial charge in [-0.15, -0.1) is 0 Å². The number of nitrogens with zero attached hydrogens (tertiary/aromatic N) is 3. The van der Waals surface area contributed by atoms with E-state index in [9.17, 15) is 16.8 Å². The van der Waals surface area contributed by atoms with E-state index in [4.69, 9.17) is 5.14 Å². The minimum absolute atomic E-state index is 0.0903. The fourth-order valence-electron chi connectivity index (χ4n) is 3.00. The standard InChI is InChI=1S/C20H17N5O4S2/c1-22-31(28,29)16-4-2-3-14(7-16)20-12-24-18-6-5-13(9-19(18)25-20)15-8-17(11-23-10-15)30(21,26)27/h2-12,22H,1H3,(H2,21,26,27). The van der Waals surface area contributed by atoms with Gasteiger partial charge in [-0.2, -0.15) is 0 Å². The quantitative estimate of drug-likeness (QED) is 0.467. The van der Waals surface area contributed by atoms with Gasteiger partial charge in [0.1, 0.15) is 4.90 Å². The van der Waals surface area contributed by atoms with Gasteiger partial charge in [0, 0.05) is 23.5 Å². The molecule has 0 saturated carbocycles. The molecule has 4 rings (SSSR count). The van der Waals surface area contributed by atoms with Crippen molar-refractivity contribution in [3.05, 3.63) is 67.1 Å². The number of hydrogen-bond donors (Lipinski definition) is 2.